The summed E-state index contributed by atoms with van der Waals surface area (Å²) < 4.78 is 6.89. The van der Waals surface area contributed by atoms with Gasteiger partial charge in [0.05, 0.1) is 12.9 Å². The SMILES string of the molecule is O=C(O)n1cnc2c(ncn2[C@@H]2O[C@H](CO)[C@@H](O)[C@H]2O)c1=O. The third-order valence-corrected chi connectivity index (χ3v) is 3.48. The summed E-state index contributed by atoms with van der Waals surface area (Å²) in [5.74, 6) is 0. The number of hydrogen-bond donors (Lipinski definition) is 4. The van der Waals surface area contributed by atoms with Gasteiger partial charge in [0.25, 0.3) is 5.56 Å². The summed E-state index contributed by atoms with van der Waals surface area (Å²) >= 11 is 0. The number of ether oxygens (including phenoxy) is 1. The molecule has 3 rings (SSSR count). The highest BCUT2D eigenvalue weighted by molar-refractivity contribution is 5.75. The predicted molar refractivity (Wildman–Crippen MR) is 68.2 cm³/mol. The standard InChI is InChI=1S/C11H12N4O7/c16-1-4-6(17)7(18)10(22-4)14-2-12-5-8(14)13-3-15(9(5)19)11(20)21/h2-4,6-7,10,16-18H,1H2,(H,20,21)/t4-,6-,7-,10-/m1/s1. The Kier molecular flexibility index (Phi) is 3.41. The van der Waals surface area contributed by atoms with Gasteiger partial charge in [-0.3, -0.25) is 9.36 Å². The second-order valence-corrected chi connectivity index (χ2v) is 4.76. The highest BCUT2D eigenvalue weighted by Crippen LogP contribution is 2.30. The predicted octanol–water partition coefficient (Wildman–Crippen LogP) is -2.27. The van der Waals surface area contributed by atoms with Gasteiger partial charge in [-0.05, 0) is 0 Å². The van der Waals surface area contributed by atoms with E-state index in [1.54, 1.807) is 0 Å². The van der Waals surface area contributed by atoms with Crippen LogP contribution in [0.3, 0.4) is 0 Å². The van der Waals surface area contributed by atoms with Gasteiger partial charge in [0.15, 0.2) is 17.4 Å². The number of carboxylic acid groups (broad SMARTS) is 1. The fraction of sp³-hybridized carbons (Fsp3) is 0.455. The summed E-state index contributed by atoms with van der Waals surface area (Å²) in [5, 5.41) is 37.6. The Morgan fingerprint density at radius 3 is 2.59 bits per heavy atom. The van der Waals surface area contributed by atoms with Gasteiger partial charge in [-0.1, -0.05) is 0 Å². The number of aromatic nitrogens is 4. The van der Waals surface area contributed by atoms with Crippen molar-refractivity contribution in [1.82, 2.24) is 19.1 Å². The van der Waals surface area contributed by atoms with Crippen molar-refractivity contribution in [3.8, 4) is 0 Å². The summed E-state index contributed by atoms with van der Waals surface area (Å²) in [4.78, 5) is 30.4. The zero-order chi connectivity index (χ0) is 16.0. The van der Waals surface area contributed by atoms with Crippen LogP contribution < -0.4 is 5.56 Å². The molecule has 4 N–H and O–H groups in total. The molecule has 1 aliphatic rings. The van der Waals surface area contributed by atoms with Gasteiger partial charge < -0.3 is 25.2 Å². The molecule has 0 saturated carbocycles. The van der Waals surface area contributed by atoms with Crippen molar-refractivity contribution < 1.29 is 30.0 Å². The maximum atomic E-state index is 11.9. The van der Waals surface area contributed by atoms with E-state index in [0.29, 0.717) is 4.57 Å². The Morgan fingerprint density at radius 1 is 1.27 bits per heavy atom. The van der Waals surface area contributed by atoms with E-state index in [9.17, 15) is 19.8 Å². The van der Waals surface area contributed by atoms with E-state index < -0.39 is 42.8 Å². The van der Waals surface area contributed by atoms with Gasteiger partial charge >= 0.3 is 6.09 Å². The maximum absolute atomic E-state index is 11.9. The van der Waals surface area contributed by atoms with Gasteiger partial charge in [0.2, 0.25) is 0 Å². The van der Waals surface area contributed by atoms with Crippen molar-refractivity contribution in [2.45, 2.75) is 24.5 Å². The van der Waals surface area contributed by atoms with Gasteiger partial charge in [-0.25, -0.2) is 14.8 Å². The Hall–Kier alpha value is -2.34. The van der Waals surface area contributed by atoms with Crippen molar-refractivity contribution in [2.24, 2.45) is 0 Å². The third-order valence-electron chi connectivity index (χ3n) is 3.48. The zero-order valence-corrected chi connectivity index (χ0v) is 11.0. The van der Waals surface area contributed by atoms with Crippen LogP contribution in [-0.4, -0.2) is 70.5 Å². The molecule has 1 saturated heterocycles. The molecule has 0 unspecified atom stereocenters. The highest BCUT2D eigenvalue weighted by atomic mass is 16.6. The number of rotatable bonds is 2. The molecule has 0 aromatic carbocycles. The number of carbonyl (C=O) groups is 1. The fourth-order valence-corrected chi connectivity index (χ4v) is 2.34. The van der Waals surface area contributed by atoms with E-state index in [2.05, 4.69) is 9.97 Å². The van der Waals surface area contributed by atoms with E-state index in [-0.39, 0.29) is 11.2 Å². The minimum atomic E-state index is -1.50. The van der Waals surface area contributed by atoms with Crippen LogP contribution in [0, 0.1) is 0 Å². The topological polar surface area (TPSA) is 160 Å². The molecule has 2 aromatic heterocycles. The Morgan fingerprint density at radius 2 is 2.00 bits per heavy atom. The van der Waals surface area contributed by atoms with E-state index in [4.69, 9.17) is 14.9 Å². The zero-order valence-electron chi connectivity index (χ0n) is 11.0. The third kappa shape index (κ3) is 1.99. The lowest BCUT2D eigenvalue weighted by Crippen LogP contribution is -2.33. The summed E-state index contributed by atoms with van der Waals surface area (Å²) in [7, 11) is 0. The van der Waals surface area contributed by atoms with E-state index in [1.807, 2.05) is 0 Å². The van der Waals surface area contributed by atoms with Crippen LogP contribution in [0.2, 0.25) is 0 Å². The summed E-state index contributed by atoms with van der Waals surface area (Å²) in [6.07, 6.45) is -4.31. The number of fused-ring (bicyclic) bond motifs is 1. The fourth-order valence-electron chi connectivity index (χ4n) is 2.34. The second-order valence-electron chi connectivity index (χ2n) is 4.76. The highest BCUT2D eigenvalue weighted by Gasteiger charge is 2.44. The maximum Gasteiger partial charge on any atom is 0.419 e. The summed E-state index contributed by atoms with van der Waals surface area (Å²) in [6, 6.07) is 0. The molecule has 2 aromatic rings. The first-order valence-electron chi connectivity index (χ1n) is 6.25. The number of aliphatic hydroxyl groups is 3. The monoisotopic (exact) mass is 312 g/mol. The normalized spacial score (nSPS) is 28.3. The Labute approximate surface area is 121 Å². The van der Waals surface area contributed by atoms with Gasteiger partial charge in [0.1, 0.15) is 24.6 Å². The molecule has 0 amide bonds. The van der Waals surface area contributed by atoms with Crippen LogP contribution in [-0.2, 0) is 4.74 Å². The minimum Gasteiger partial charge on any atom is -0.464 e. The molecule has 0 radical (unpaired) electrons. The summed E-state index contributed by atoms with van der Waals surface area (Å²) in [5.41, 5.74) is -1.11. The largest absolute Gasteiger partial charge is 0.464 e. The van der Waals surface area contributed by atoms with Gasteiger partial charge in [0, 0.05) is 0 Å². The van der Waals surface area contributed by atoms with E-state index in [1.165, 1.54) is 4.57 Å². The molecular formula is C11H12N4O7. The minimum absolute atomic E-state index is 0.00246. The second kappa shape index (κ2) is 5.14. The number of imidazole rings is 1. The van der Waals surface area contributed by atoms with Crippen LogP contribution in [0.5, 0.6) is 0 Å². The average Bonchev–Trinajstić information content (AvgIpc) is 3.02. The lowest BCUT2D eigenvalue weighted by atomic mass is 10.1. The first kappa shape index (κ1) is 14.6. The lowest BCUT2D eigenvalue weighted by molar-refractivity contribution is -0.0511. The molecule has 22 heavy (non-hydrogen) atoms. The number of hydrogen-bond acceptors (Lipinski definition) is 8. The van der Waals surface area contributed by atoms with Gasteiger partial charge in [-0.15, -0.1) is 0 Å². The van der Waals surface area contributed by atoms with Gasteiger partial charge in [-0.2, -0.15) is 4.57 Å². The number of nitrogens with zero attached hydrogens (tertiary/aromatic N) is 4. The van der Waals surface area contributed by atoms with E-state index in [0.717, 1.165) is 12.7 Å². The van der Waals surface area contributed by atoms with Crippen LogP contribution in [0.4, 0.5) is 4.79 Å². The van der Waals surface area contributed by atoms with Crippen molar-refractivity contribution in [2.75, 3.05) is 6.61 Å². The lowest BCUT2D eigenvalue weighted by Gasteiger charge is -2.16. The Balaban J connectivity index is 2.08. The molecule has 0 aliphatic carbocycles. The summed E-state index contributed by atoms with van der Waals surface area (Å²) in [6.45, 7) is -0.499. The first-order valence-corrected chi connectivity index (χ1v) is 6.25. The number of aliphatic hydroxyl groups excluding tert-OH is 3. The average molecular weight is 312 g/mol. The van der Waals surface area contributed by atoms with Crippen molar-refractivity contribution >= 4 is 17.3 Å². The molecule has 1 fully saturated rings. The van der Waals surface area contributed by atoms with Crippen LogP contribution >= 0.6 is 0 Å². The quantitative estimate of drug-likeness (QED) is 0.479. The molecule has 1 aliphatic heterocycles. The van der Waals surface area contributed by atoms with Crippen LogP contribution in [0.1, 0.15) is 6.23 Å². The molecule has 0 spiro atoms. The van der Waals surface area contributed by atoms with Crippen molar-refractivity contribution in [3.05, 3.63) is 23.0 Å². The Bertz CT molecular complexity index is 784. The molecular weight excluding hydrogens is 300 g/mol. The van der Waals surface area contributed by atoms with Crippen molar-refractivity contribution in [3.63, 3.8) is 0 Å². The van der Waals surface area contributed by atoms with Crippen LogP contribution in [0.25, 0.3) is 11.2 Å². The molecule has 118 valence electrons. The smallest absolute Gasteiger partial charge is 0.419 e. The molecule has 11 heteroatoms. The molecule has 11 nitrogen and oxygen atoms in total. The molecule has 4 atom stereocenters. The van der Waals surface area contributed by atoms with Crippen LogP contribution in [0.15, 0.2) is 17.4 Å². The molecule has 3 heterocycles. The van der Waals surface area contributed by atoms with Crippen molar-refractivity contribution in [1.29, 1.82) is 0 Å². The van der Waals surface area contributed by atoms with E-state index >= 15 is 0 Å². The molecule has 0 bridgehead atoms. The first-order chi connectivity index (χ1) is 10.5.